The normalized spacial score (nSPS) is 16.6. The van der Waals surface area contributed by atoms with E-state index in [1.807, 2.05) is 11.0 Å². The summed E-state index contributed by atoms with van der Waals surface area (Å²) in [7, 11) is 0. The van der Waals surface area contributed by atoms with Gasteiger partial charge in [0.25, 0.3) is 0 Å². The molecule has 1 aliphatic carbocycles. The average molecular weight is 414 g/mol. The molecule has 2 aliphatic rings. The molecule has 3 heterocycles. The Labute approximate surface area is 172 Å². The van der Waals surface area contributed by atoms with E-state index in [0.717, 1.165) is 31.7 Å². The van der Waals surface area contributed by atoms with Crippen molar-refractivity contribution in [3.8, 4) is 0 Å². The zero-order chi connectivity index (χ0) is 21.4. The smallest absolute Gasteiger partial charge is 0.341 e. The number of aromatic nitrogens is 2. The van der Waals surface area contributed by atoms with Gasteiger partial charge in [-0.1, -0.05) is 11.6 Å². The van der Waals surface area contributed by atoms with E-state index in [0.29, 0.717) is 25.3 Å². The van der Waals surface area contributed by atoms with Crippen LogP contribution in [0.15, 0.2) is 28.7 Å². The molecular weight excluding hydrogens is 391 g/mol. The molecule has 9 heteroatoms. The number of carboxylic acids is 1. The highest BCUT2D eigenvalue weighted by Gasteiger charge is 2.29. The highest BCUT2D eigenvalue weighted by molar-refractivity contribution is 5.92. The molecule has 0 atom stereocenters. The number of piperidine rings is 1. The van der Waals surface area contributed by atoms with Gasteiger partial charge in [-0.25, -0.2) is 14.2 Å². The summed E-state index contributed by atoms with van der Waals surface area (Å²) in [5, 5.41) is 12.1. The van der Waals surface area contributed by atoms with Crippen LogP contribution in [0.5, 0.6) is 0 Å². The lowest BCUT2D eigenvalue weighted by Crippen LogP contribution is -2.33. The van der Waals surface area contributed by atoms with Crippen molar-refractivity contribution in [3.63, 3.8) is 0 Å². The number of fused-ring (bicyclic) bond motifs is 1. The molecule has 158 valence electrons. The molecule has 2 fully saturated rings. The lowest BCUT2D eigenvalue weighted by Gasteiger charge is -2.30. The fourth-order valence-corrected chi connectivity index (χ4v) is 3.79. The van der Waals surface area contributed by atoms with Gasteiger partial charge < -0.3 is 19.9 Å². The van der Waals surface area contributed by atoms with Gasteiger partial charge in [0.05, 0.1) is 5.39 Å². The van der Waals surface area contributed by atoms with Crippen molar-refractivity contribution in [2.75, 3.05) is 24.5 Å². The molecule has 1 amide bonds. The van der Waals surface area contributed by atoms with Gasteiger partial charge in [-0.3, -0.25) is 9.59 Å². The summed E-state index contributed by atoms with van der Waals surface area (Å²) in [6, 6.07) is 1.20. The van der Waals surface area contributed by atoms with Crippen molar-refractivity contribution in [1.82, 2.24) is 14.9 Å². The van der Waals surface area contributed by atoms with Gasteiger partial charge >= 0.3 is 5.97 Å². The zero-order valence-corrected chi connectivity index (χ0v) is 16.7. The van der Waals surface area contributed by atoms with E-state index in [1.165, 1.54) is 18.7 Å². The maximum atomic E-state index is 14.9. The van der Waals surface area contributed by atoms with E-state index < -0.39 is 17.2 Å². The third kappa shape index (κ3) is 3.92. The highest BCUT2D eigenvalue weighted by atomic mass is 19.1. The highest BCUT2D eigenvalue weighted by Crippen LogP contribution is 2.37. The van der Waals surface area contributed by atoms with Crippen molar-refractivity contribution < 1.29 is 19.1 Å². The first-order valence-corrected chi connectivity index (χ1v) is 10.0. The molecule has 2 aromatic rings. The number of hydrogen-bond donors (Lipinski definition) is 2. The topological polar surface area (TPSA) is 105 Å². The first kappa shape index (κ1) is 20.1. The Morgan fingerprint density at radius 3 is 2.63 bits per heavy atom. The minimum absolute atomic E-state index is 0.00375. The first-order chi connectivity index (χ1) is 14.3. The van der Waals surface area contributed by atoms with Crippen LogP contribution in [0.25, 0.3) is 11.0 Å². The van der Waals surface area contributed by atoms with Gasteiger partial charge in [-0.2, -0.15) is 0 Å². The number of nitrogens with one attached hydrogen (secondary N) is 1. The minimum Gasteiger partial charge on any atom is -0.477 e. The number of carboxylic acid groups (broad SMARTS) is 1. The van der Waals surface area contributed by atoms with Crippen molar-refractivity contribution in [3.05, 3.63) is 45.5 Å². The molecule has 0 radical (unpaired) electrons. The summed E-state index contributed by atoms with van der Waals surface area (Å²) in [6.45, 7) is 3.09. The molecule has 0 aromatic carbocycles. The monoisotopic (exact) mass is 414 g/mol. The van der Waals surface area contributed by atoms with Crippen LogP contribution in [-0.4, -0.2) is 46.2 Å². The number of anilines is 1. The second-order valence-electron chi connectivity index (χ2n) is 7.77. The van der Waals surface area contributed by atoms with E-state index >= 15 is 0 Å². The fraction of sp³-hybridized carbons (Fsp3) is 0.429. The number of hydrogen-bond acceptors (Lipinski definition) is 5. The number of halogens is 1. The third-order valence-corrected chi connectivity index (χ3v) is 5.56. The second kappa shape index (κ2) is 7.89. The summed E-state index contributed by atoms with van der Waals surface area (Å²) in [5.41, 5.74) is 0.447. The maximum Gasteiger partial charge on any atom is 0.341 e. The molecule has 2 aromatic heterocycles. The molecule has 8 nitrogen and oxygen atoms in total. The summed E-state index contributed by atoms with van der Waals surface area (Å²) in [4.78, 5) is 41.3. The van der Waals surface area contributed by atoms with Crippen molar-refractivity contribution in [2.45, 2.75) is 38.6 Å². The molecule has 0 bridgehead atoms. The van der Waals surface area contributed by atoms with Gasteiger partial charge in [0.2, 0.25) is 11.3 Å². The Hall–Kier alpha value is -3.23. The Balaban J connectivity index is 1.65. The minimum atomic E-state index is -1.32. The predicted octanol–water partition coefficient (Wildman–Crippen LogP) is 2.23. The van der Waals surface area contributed by atoms with Crippen LogP contribution >= 0.6 is 0 Å². The second-order valence-corrected chi connectivity index (χ2v) is 7.77. The number of aromatic carboxylic acids is 1. The van der Waals surface area contributed by atoms with E-state index in [9.17, 15) is 23.9 Å². The number of nitrogens with zero attached hydrogens (tertiary/aromatic N) is 3. The number of pyridine rings is 2. The Morgan fingerprint density at radius 1 is 1.33 bits per heavy atom. The van der Waals surface area contributed by atoms with Crippen LogP contribution in [0.1, 0.15) is 49.0 Å². The van der Waals surface area contributed by atoms with Crippen LogP contribution in [0.2, 0.25) is 0 Å². The number of rotatable bonds is 5. The van der Waals surface area contributed by atoms with Crippen LogP contribution in [0.3, 0.4) is 0 Å². The van der Waals surface area contributed by atoms with Crippen LogP contribution in [0.4, 0.5) is 10.2 Å². The van der Waals surface area contributed by atoms with E-state index in [2.05, 4.69) is 10.3 Å². The zero-order valence-electron chi connectivity index (χ0n) is 16.7. The Morgan fingerprint density at radius 2 is 2.03 bits per heavy atom. The first-order valence-electron chi connectivity index (χ1n) is 10.0. The molecule has 4 rings (SSSR count). The molecule has 1 saturated heterocycles. The van der Waals surface area contributed by atoms with E-state index in [-0.39, 0.29) is 28.7 Å². The van der Waals surface area contributed by atoms with Crippen molar-refractivity contribution >= 4 is 28.7 Å². The standard InChI is InChI=1S/C21H23FN4O4/c1-12(27)23-7-4-13-5-8-25(9-6-13)20-17(22)10-15-18(28)16(21(29)30)11-26(14-2-3-14)19(15)24-20/h4,10-11,14H,2-3,5-9H2,1H3,(H,23,27)(H,29,30). The third-order valence-electron chi connectivity index (χ3n) is 5.56. The Bertz CT molecular complexity index is 1110. The van der Waals surface area contributed by atoms with Crippen molar-refractivity contribution in [1.29, 1.82) is 0 Å². The van der Waals surface area contributed by atoms with E-state index in [4.69, 9.17) is 0 Å². The van der Waals surface area contributed by atoms with Gasteiger partial charge in [0, 0.05) is 38.8 Å². The average Bonchev–Trinajstić information content (AvgIpc) is 3.53. The SMILES string of the molecule is CC(=O)NCC=C1CCN(c2nc3c(cc2F)c(=O)c(C(=O)O)cn3C2CC2)CC1. The van der Waals surface area contributed by atoms with Crippen LogP contribution < -0.4 is 15.6 Å². The molecule has 0 spiro atoms. The summed E-state index contributed by atoms with van der Waals surface area (Å²) in [6.07, 6.45) is 6.52. The quantitative estimate of drug-likeness (QED) is 0.727. The molecule has 30 heavy (non-hydrogen) atoms. The van der Waals surface area contributed by atoms with Crippen LogP contribution in [0, 0.1) is 5.82 Å². The summed E-state index contributed by atoms with van der Waals surface area (Å²) in [5.74, 6) is -1.86. The lowest BCUT2D eigenvalue weighted by atomic mass is 10.0. The lowest BCUT2D eigenvalue weighted by molar-refractivity contribution is -0.118. The van der Waals surface area contributed by atoms with Crippen LogP contribution in [-0.2, 0) is 4.79 Å². The predicted molar refractivity (Wildman–Crippen MR) is 109 cm³/mol. The largest absolute Gasteiger partial charge is 0.477 e. The molecule has 2 N–H and O–H groups in total. The van der Waals surface area contributed by atoms with Crippen molar-refractivity contribution in [2.24, 2.45) is 0 Å². The Kier molecular flexibility index (Phi) is 5.27. The van der Waals surface area contributed by atoms with Gasteiger partial charge in [0.1, 0.15) is 11.2 Å². The number of carbonyl (C=O) groups is 2. The molecular formula is C21H23FN4O4. The van der Waals surface area contributed by atoms with E-state index in [1.54, 1.807) is 4.57 Å². The number of carbonyl (C=O) groups excluding carboxylic acids is 1. The summed E-state index contributed by atoms with van der Waals surface area (Å²) >= 11 is 0. The molecule has 0 unspecified atom stereocenters. The molecule has 1 aliphatic heterocycles. The maximum absolute atomic E-state index is 14.9. The van der Waals surface area contributed by atoms with Gasteiger partial charge in [-0.15, -0.1) is 0 Å². The van der Waals surface area contributed by atoms with Gasteiger partial charge in [-0.05, 0) is 31.7 Å². The molecule has 1 saturated carbocycles. The number of amides is 1. The summed E-state index contributed by atoms with van der Waals surface area (Å²) < 4.78 is 16.6. The fourth-order valence-electron chi connectivity index (χ4n) is 3.79. The van der Waals surface area contributed by atoms with Gasteiger partial charge in [0.15, 0.2) is 11.6 Å².